The van der Waals surface area contributed by atoms with Crippen molar-refractivity contribution in [3.8, 4) is 0 Å². The zero-order valence-corrected chi connectivity index (χ0v) is 18.6. The number of esters is 1. The largest absolute Gasteiger partial charge is 0.454 e. The molecule has 0 saturated carbocycles. The highest BCUT2D eigenvalue weighted by atomic mass is 19.4. The molecule has 3 aromatic rings. The van der Waals surface area contributed by atoms with Gasteiger partial charge in [-0.1, -0.05) is 12.1 Å². The van der Waals surface area contributed by atoms with Gasteiger partial charge < -0.3 is 9.64 Å². The first-order valence-corrected chi connectivity index (χ1v) is 11.0. The summed E-state index contributed by atoms with van der Waals surface area (Å²) in [6.07, 6.45) is -4.95. The molecule has 1 unspecified atom stereocenters. The molecule has 2 heterocycles. The summed E-state index contributed by atoms with van der Waals surface area (Å²) in [5.74, 6) is -1.61. The molecule has 0 N–H and O–H groups in total. The van der Waals surface area contributed by atoms with E-state index in [2.05, 4.69) is 4.98 Å². The number of piperidine rings is 1. The van der Waals surface area contributed by atoms with Crippen LogP contribution in [-0.2, 0) is 15.7 Å². The summed E-state index contributed by atoms with van der Waals surface area (Å²) in [5, 5.41) is 0. The number of hydrogen-bond acceptors (Lipinski definition) is 4. The monoisotopic (exact) mass is 495 g/mol. The first-order chi connectivity index (χ1) is 16.6. The van der Waals surface area contributed by atoms with Crippen LogP contribution in [-0.4, -0.2) is 39.4 Å². The number of hydrogen-bond donors (Lipinski definition) is 0. The van der Waals surface area contributed by atoms with Gasteiger partial charge in [-0.25, -0.2) is 4.98 Å². The fourth-order valence-electron chi connectivity index (χ4n) is 4.18. The Balaban J connectivity index is 1.37. The Morgan fingerprint density at radius 1 is 1.03 bits per heavy atom. The summed E-state index contributed by atoms with van der Waals surface area (Å²) in [5.41, 5.74) is -0.125. The zero-order valence-electron chi connectivity index (χ0n) is 18.6. The van der Waals surface area contributed by atoms with Gasteiger partial charge in [-0.15, -0.1) is 0 Å². The number of carbonyl (C=O) groups is 2. The van der Waals surface area contributed by atoms with Gasteiger partial charge in [-0.05, 0) is 56.2 Å². The summed E-state index contributed by atoms with van der Waals surface area (Å²) >= 11 is 0. The number of ether oxygens (including phenoxy) is 1. The van der Waals surface area contributed by atoms with Crippen LogP contribution in [0.3, 0.4) is 0 Å². The third-order valence-corrected chi connectivity index (χ3v) is 6.05. The lowest BCUT2D eigenvalue weighted by molar-refractivity contribution is -0.155. The van der Waals surface area contributed by atoms with Crippen LogP contribution in [0.15, 0.2) is 48.5 Å². The van der Waals surface area contributed by atoms with E-state index in [9.17, 15) is 31.5 Å². The van der Waals surface area contributed by atoms with Gasteiger partial charge >= 0.3 is 18.7 Å². The minimum atomic E-state index is -4.49. The Labute approximate surface area is 197 Å². The Morgan fingerprint density at radius 2 is 1.66 bits per heavy atom. The number of benzene rings is 2. The smallest absolute Gasteiger partial charge is 0.416 e. The zero-order chi connectivity index (χ0) is 25.3. The summed E-state index contributed by atoms with van der Waals surface area (Å²) in [6, 6.07) is 10.3. The molecule has 0 aliphatic carbocycles. The summed E-state index contributed by atoms with van der Waals surface area (Å²) in [7, 11) is 0. The summed E-state index contributed by atoms with van der Waals surface area (Å²) in [6.45, 7) is -0.966. The summed E-state index contributed by atoms with van der Waals surface area (Å²) < 4.78 is 71.7. The lowest BCUT2D eigenvalue weighted by Gasteiger charge is -2.31. The van der Waals surface area contributed by atoms with Gasteiger partial charge in [-0.3, -0.25) is 14.2 Å². The van der Waals surface area contributed by atoms with Crippen LogP contribution in [0.25, 0.3) is 11.0 Å². The molecule has 2 aromatic carbocycles. The number of nitrogens with zero attached hydrogens (tertiary/aromatic N) is 3. The molecule has 1 amide bonds. The predicted molar refractivity (Wildman–Crippen MR) is 116 cm³/mol. The van der Waals surface area contributed by atoms with Crippen molar-refractivity contribution in [2.45, 2.75) is 38.6 Å². The van der Waals surface area contributed by atoms with Crippen molar-refractivity contribution in [1.82, 2.24) is 14.5 Å². The molecule has 6 nitrogen and oxygen atoms in total. The van der Waals surface area contributed by atoms with E-state index in [1.54, 1.807) is 18.2 Å². The Hall–Kier alpha value is -3.50. The molecule has 1 atom stereocenters. The van der Waals surface area contributed by atoms with Crippen LogP contribution in [0.4, 0.5) is 22.0 Å². The first-order valence-electron chi connectivity index (χ1n) is 11.0. The van der Waals surface area contributed by atoms with E-state index in [0.717, 1.165) is 28.8 Å². The third kappa shape index (κ3) is 5.13. The van der Waals surface area contributed by atoms with E-state index in [-0.39, 0.29) is 42.8 Å². The maximum atomic E-state index is 13.7. The molecule has 1 aromatic heterocycles. The van der Waals surface area contributed by atoms with E-state index in [1.165, 1.54) is 17.9 Å². The molecular formula is C24H22F5N3O3. The topological polar surface area (TPSA) is 64.4 Å². The molecule has 0 radical (unpaired) electrons. The van der Waals surface area contributed by atoms with E-state index < -0.39 is 42.2 Å². The number of rotatable bonds is 5. The number of alkyl halides is 5. The van der Waals surface area contributed by atoms with E-state index in [1.807, 2.05) is 0 Å². The maximum absolute atomic E-state index is 13.7. The first kappa shape index (κ1) is 24.6. The number of para-hydroxylation sites is 2. The van der Waals surface area contributed by atoms with Crippen molar-refractivity contribution >= 4 is 22.9 Å². The van der Waals surface area contributed by atoms with E-state index >= 15 is 0 Å². The molecule has 186 valence electrons. The molecule has 1 saturated heterocycles. The van der Waals surface area contributed by atoms with Gasteiger partial charge in [0.25, 0.3) is 5.91 Å². The Bertz CT molecular complexity index is 1220. The van der Waals surface area contributed by atoms with Crippen LogP contribution in [0.5, 0.6) is 0 Å². The number of carbonyl (C=O) groups excluding carboxylic acids is 2. The average molecular weight is 495 g/mol. The lowest BCUT2D eigenvalue weighted by Crippen LogP contribution is -2.40. The van der Waals surface area contributed by atoms with Gasteiger partial charge in [0.2, 0.25) is 0 Å². The standard InChI is InChI=1S/C24H22F5N3O3/c1-14(20-30-18-4-2-3-5-19(18)32(20)23(25)26)35-22(34)16-10-12-31(13-11-16)21(33)15-6-8-17(9-7-15)24(27,28)29/h2-9,14,16,23H,10-13H2,1H3. The molecule has 0 spiro atoms. The molecule has 11 heteroatoms. The molecule has 0 bridgehead atoms. The van der Waals surface area contributed by atoms with E-state index in [4.69, 9.17) is 4.74 Å². The quantitative estimate of drug-likeness (QED) is 0.341. The van der Waals surface area contributed by atoms with Crippen LogP contribution < -0.4 is 0 Å². The van der Waals surface area contributed by atoms with Crippen LogP contribution in [0.2, 0.25) is 0 Å². The lowest BCUT2D eigenvalue weighted by atomic mass is 9.96. The number of halogens is 5. The average Bonchev–Trinajstić information content (AvgIpc) is 3.23. The van der Waals surface area contributed by atoms with Crippen molar-refractivity contribution < 1.29 is 36.3 Å². The van der Waals surface area contributed by atoms with Crippen molar-refractivity contribution in [2.24, 2.45) is 5.92 Å². The minimum Gasteiger partial charge on any atom is -0.454 e. The second-order valence-corrected chi connectivity index (χ2v) is 8.33. The summed E-state index contributed by atoms with van der Waals surface area (Å²) in [4.78, 5) is 31.0. The Kier molecular flexibility index (Phi) is 6.77. The second kappa shape index (κ2) is 9.63. The molecule has 1 fully saturated rings. The molecule has 1 aliphatic heterocycles. The SMILES string of the molecule is CC(OC(=O)C1CCN(C(=O)c2ccc(C(F)(F)F)cc2)CC1)c1nc2ccccc2n1C(F)F. The normalized spacial score (nSPS) is 16.0. The molecule has 4 rings (SSSR count). The fraction of sp³-hybridized carbons (Fsp3) is 0.375. The number of imidazole rings is 1. The van der Waals surface area contributed by atoms with Crippen LogP contribution in [0, 0.1) is 5.92 Å². The highest BCUT2D eigenvalue weighted by Crippen LogP contribution is 2.31. The number of aromatic nitrogens is 2. The van der Waals surface area contributed by atoms with Crippen LogP contribution in [0.1, 0.15) is 54.2 Å². The highest BCUT2D eigenvalue weighted by molar-refractivity contribution is 5.94. The number of amides is 1. The number of likely N-dealkylation sites (tertiary alicyclic amines) is 1. The van der Waals surface area contributed by atoms with Gasteiger partial charge in [-0.2, -0.15) is 22.0 Å². The fourth-order valence-corrected chi connectivity index (χ4v) is 4.18. The van der Waals surface area contributed by atoms with Crippen molar-refractivity contribution in [3.05, 3.63) is 65.5 Å². The third-order valence-electron chi connectivity index (χ3n) is 6.05. The second-order valence-electron chi connectivity index (χ2n) is 8.33. The molecule has 1 aliphatic rings. The van der Waals surface area contributed by atoms with Gasteiger partial charge in [0.1, 0.15) is 0 Å². The van der Waals surface area contributed by atoms with Crippen molar-refractivity contribution in [2.75, 3.05) is 13.1 Å². The van der Waals surface area contributed by atoms with Gasteiger partial charge in [0.15, 0.2) is 11.9 Å². The Morgan fingerprint density at radius 3 is 2.26 bits per heavy atom. The molecule has 35 heavy (non-hydrogen) atoms. The van der Waals surface area contributed by atoms with Crippen LogP contribution >= 0.6 is 0 Å². The maximum Gasteiger partial charge on any atom is 0.416 e. The van der Waals surface area contributed by atoms with Gasteiger partial charge in [0.05, 0.1) is 22.5 Å². The molecular weight excluding hydrogens is 473 g/mol. The minimum absolute atomic E-state index is 0.0653. The van der Waals surface area contributed by atoms with E-state index in [0.29, 0.717) is 5.52 Å². The van der Waals surface area contributed by atoms with Crippen molar-refractivity contribution in [1.29, 1.82) is 0 Å². The highest BCUT2D eigenvalue weighted by Gasteiger charge is 2.33. The van der Waals surface area contributed by atoms with Crippen molar-refractivity contribution in [3.63, 3.8) is 0 Å². The number of fused-ring (bicyclic) bond motifs is 1. The van der Waals surface area contributed by atoms with Gasteiger partial charge in [0, 0.05) is 18.7 Å². The predicted octanol–water partition coefficient (Wildman–Crippen LogP) is 5.61.